The SMILES string of the molecule is CN(CCCCCBr)S(=O)(=O)c1cccc2ncccc12. The van der Waals surface area contributed by atoms with Crippen molar-refractivity contribution in [3.8, 4) is 0 Å². The average molecular weight is 371 g/mol. The third-order valence-electron chi connectivity index (χ3n) is 3.40. The summed E-state index contributed by atoms with van der Waals surface area (Å²) in [5.41, 5.74) is 0.700. The molecule has 1 heterocycles. The number of halogens is 1. The number of rotatable bonds is 7. The van der Waals surface area contributed by atoms with Crippen LogP contribution < -0.4 is 0 Å². The van der Waals surface area contributed by atoms with E-state index in [2.05, 4.69) is 20.9 Å². The molecule has 0 spiro atoms. The molecule has 4 nitrogen and oxygen atoms in total. The minimum atomic E-state index is -3.47. The van der Waals surface area contributed by atoms with Gasteiger partial charge in [-0.15, -0.1) is 0 Å². The molecule has 114 valence electrons. The van der Waals surface area contributed by atoms with Crippen molar-refractivity contribution >= 4 is 36.9 Å². The monoisotopic (exact) mass is 370 g/mol. The van der Waals surface area contributed by atoms with Gasteiger partial charge in [0.1, 0.15) is 0 Å². The summed E-state index contributed by atoms with van der Waals surface area (Å²) < 4.78 is 26.8. The molecule has 1 aromatic heterocycles. The van der Waals surface area contributed by atoms with E-state index in [1.807, 2.05) is 6.07 Å². The van der Waals surface area contributed by atoms with Crippen LogP contribution in [0.3, 0.4) is 0 Å². The van der Waals surface area contributed by atoms with Crippen LogP contribution in [0.4, 0.5) is 0 Å². The summed E-state index contributed by atoms with van der Waals surface area (Å²) in [6, 6.07) is 8.77. The van der Waals surface area contributed by atoms with Gasteiger partial charge in [-0.25, -0.2) is 12.7 Å². The van der Waals surface area contributed by atoms with Crippen molar-refractivity contribution in [1.29, 1.82) is 0 Å². The van der Waals surface area contributed by atoms with Crippen molar-refractivity contribution in [2.24, 2.45) is 0 Å². The maximum atomic E-state index is 12.7. The number of benzene rings is 1. The number of unbranched alkanes of at least 4 members (excludes halogenated alkanes) is 2. The van der Waals surface area contributed by atoms with E-state index in [1.165, 1.54) is 4.31 Å². The van der Waals surface area contributed by atoms with Crippen molar-refractivity contribution in [1.82, 2.24) is 9.29 Å². The van der Waals surface area contributed by atoms with Gasteiger partial charge in [0, 0.05) is 30.5 Å². The van der Waals surface area contributed by atoms with Crippen LogP contribution in [0.1, 0.15) is 19.3 Å². The van der Waals surface area contributed by atoms with Gasteiger partial charge in [0.25, 0.3) is 0 Å². The molecule has 0 fully saturated rings. The van der Waals surface area contributed by atoms with E-state index in [0.717, 1.165) is 24.6 Å². The highest BCUT2D eigenvalue weighted by Crippen LogP contribution is 2.24. The van der Waals surface area contributed by atoms with E-state index in [4.69, 9.17) is 0 Å². The minimum Gasteiger partial charge on any atom is -0.256 e. The quantitative estimate of drug-likeness (QED) is 0.554. The lowest BCUT2D eigenvalue weighted by Gasteiger charge is -2.18. The second-order valence-electron chi connectivity index (χ2n) is 4.90. The van der Waals surface area contributed by atoms with E-state index in [9.17, 15) is 8.42 Å². The van der Waals surface area contributed by atoms with Crippen molar-refractivity contribution in [3.63, 3.8) is 0 Å². The first-order valence-corrected chi connectivity index (χ1v) is 9.49. The highest BCUT2D eigenvalue weighted by Gasteiger charge is 2.22. The number of pyridine rings is 1. The lowest BCUT2D eigenvalue weighted by Crippen LogP contribution is -2.28. The third kappa shape index (κ3) is 3.81. The average Bonchev–Trinajstić information content (AvgIpc) is 2.50. The molecule has 0 aliphatic carbocycles. The molecule has 6 heteroatoms. The molecule has 0 aliphatic rings. The molecule has 0 unspecified atom stereocenters. The summed E-state index contributed by atoms with van der Waals surface area (Å²) in [4.78, 5) is 4.54. The van der Waals surface area contributed by atoms with E-state index in [-0.39, 0.29) is 0 Å². The maximum absolute atomic E-state index is 12.7. The molecular weight excluding hydrogens is 352 g/mol. The van der Waals surface area contributed by atoms with Gasteiger partial charge < -0.3 is 0 Å². The number of nitrogens with zero attached hydrogens (tertiary/aromatic N) is 2. The zero-order chi connectivity index (χ0) is 15.3. The molecule has 0 bridgehead atoms. The second-order valence-corrected chi connectivity index (χ2v) is 7.71. The van der Waals surface area contributed by atoms with Crippen LogP contribution >= 0.6 is 15.9 Å². The largest absolute Gasteiger partial charge is 0.256 e. The number of alkyl halides is 1. The first-order valence-electron chi connectivity index (χ1n) is 6.93. The van der Waals surface area contributed by atoms with Gasteiger partial charge in [-0.3, -0.25) is 4.98 Å². The summed E-state index contributed by atoms with van der Waals surface area (Å²) in [6.45, 7) is 0.534. The van der Waals surface area contributed by atoms with E-state index < -0.39 is 10.0 Å². The van der Waals surface area contributed by atoms with Crippen LogP contribution in [-0.4, -0.2) is 36.6 Å². The Balaban J connectivity index is 2.25. The molecule has 0 saturated carbocycles. The molecule has 1 aromatic carbocycles. The van der Waals surface area contributed by atoms with E-state index >= 15 is 0 Å². The molecule has 2 aromatic rings. The van der Waals surface area contributed by atoms with Gasteiger partial charge in [0.05, 0.1) is 10.4 Å². The van der Waals surface area contributed by atoms with Crippen molar-refractivity contribution in [3.05, 3.63) is 36.5 Å². The fourth-order valence-electron chi connectivity index (χ4n) is 2.19. The molecule has 0 saturated heterocycles. The Morgan fingerprint density at radius 1 is 1.14 bits per heavy atom. The van der Waals surface area contributed by atoms with Crippen molar-refractivity contribution < 1.29 is 8.42 Å². The lowest BCUT2D eigenvalue weighted by atomic mass is 10.2. The molecule has 21 heavy (non-hydrogen) atoms. The third-order valence-corrected chi connectivity index (χ3v) is 5.88. The molecule has 0 atom stereocenters. The molecule has 0 N–H and O–H groups in total. The predicted molar refractivity (Wildman–Crippen MR) is 89.2 cm³/mol. The van der Waals surface area contributed by atoms with Crippen LogP contribution in [0.15, 0.2) is 41.4 Å². The Morgan fingerprint density at radius 2 is 1.95 bits per heavy atom. The first kappa shape index (κ1) is 16.4. The summed E-state index contributed by atoms with van der Waals surface area (Å²) in [5, 5.41) is 1.63. The van der Waals surface area contributed by atoms with Gasteiger partial charge in [0.15, 0.2) is 0 Å². The van der Waals surface area contributed by atoms with Gasteiger partial charge >= 0.3 is 0 Å². The summed E-state index contributed by atoms with van der Waals surface area (Å²) in [6.07, 6.45) is 4.61. The maximum Gasteiger partial charge on any atom is 0.243 e. The predicted octanol–water partition coefficient (Wildman–Crippen LogP) is 3.42. The van der Waals surface area contributed by atoms with Crippen molar-refractivity contribution in [2.45, 2.75) is 24.2 Å². The first-order chi connectivity index (χ1) is 10.1. The Labute approximate surface area is 134 Å². The Morgan fingerprint density at radius 3 is 2.71 bits per heavy atom. The lowest BCUT2D eigenvalue weighted by molar-refractivity contribution is 0.455. The minimum absolute atomic E-state index is 0.330. The zero-order valence-electron chi connectivity index (χ0n) is 12.0. The zero-order valence-corrected chi connectivity index (χ0v) is 14.4. The normalized spacial score (nSPS) is 12.1. The van der Waals surface area contributed by atoms with Gasteiger partial charge in [-0.1, -0.05) is 28.4 Å². The number of fused-ring (bicyclic) bond motifs is 1. The van der Waals surface area contributed by atoms with Crippen LogP contribution in [0, 0.1) is 0 Å². The molecule has 2 rings (SSSR count). The number of aromatic nitrogens is 1. The number of hydrogen-bond donors (Lipinski definition) is 0. The summed E-state index contributed by atoms with van der Waals surface area (Å²) >= 11 is 3.38. The Bertz CT molecular complexity index is 698. The van der Waals surface area contributed by atoms with E-state index in [1.54, 1.807) is 37.5 Å². The molecular formula is C15H19BrN2O2S. The van der Waals surface area contributed by atoms with E-state index in [0.29, 0.717) is 22.3 Å². The second kappa shape index (κ2) is 7.33. The van der Waals surface area contributed by atoms with Gasteiger partial charge in [0.2, 0.25) is 10.0 Å². The highest BCUT2D eigenvalue weighted by molar-refractivity contribution is 9.09. The Hall–Kier alpha value is -0.980. The van der Waals surface area contributed by atoms with Gasteiger partial charge in [-0.2, -0.15) is 0 Å². The fraction of sp³-hybridized carbons (Fsp3) is 0.400. The van der Waals surface area contributed by atoms with Crippen LogP contribution in [-0.2, 0) is 10.0 Å². The summed E-state index contributed by atoms with van der Waals surface area (Å²) in [7, 11) is -1.83. The van der Waals surface area contributed by atoms with Crippen LogP contribution in [0.25, 0.3) is 10.9 Å². The molecule has 0 aliphatic heterocycles. The fourth-order valence-corrected chi connectivity index (χ4v) is 4.00. The topological polar surface area (TPSA) is 50.3 Å². The van der Waals surface area contributed by atoms with Crippen LogP contribution in [0.2, 0.25) is 0 Å². The standard InChI is InChI=1S/C15H19BrN2O2S/c1-18(12-4-2-3-10-16)21(19,20)15-9-5-8-14-13(15)7-6-11-17-14/h5-9,11H,2-4,10,12H2,1H3. The smallest absolute Gasteiger partial charge is 0.243 e. The van der Waals surface area contributed by atoms with Gasteiger partial charge in [-0.05, 0) is 37.1 Å². The summed E-state index contributed by atoms with van der Waals surface area (Å²) in [5.74, 6) is 0. The highest BCUT2D eigenvalue weighted by atomic mass is 79.9. The molecule has 0 amide bonds. The molecule has 0 radical (unpaired) electrons. The van der Waals surface area contributed by atoms with Crippen molar-refractivity contribution in [2.75, 3.05) is 18.9 Å². The number of hydrogen-bond acceptors (Lipinski definition) is 3. The van der Waals surface area contributed by atoms with Crippen LogP contribution in [0.5, 0.6) is 0 Å². The number of sulfonamides is 1. The Kier molecular flexibility index (Phi) is 5.72.